The summed E-state index contributed by atoms with van der Waals surface area (Å²) in [6.45, 7) is 0.127. The molecule has 3 heterocycles. The third kappa shape index (κ3) is 2.88. The van der Waals surface area contributed by atoms with Gasteiger partial charge in [-0.3, -0.25) is 14.9 Å². The molecule has 0 bridgehead atoms. The van der Waals surface area contributed by atoms with Crippen LogP contribution in [0.2, 0.25) is 0 Å². The standard InChI is InChI=1S/C13H9N3O5S/c17-13(9-3-4-12(20-9)16(18)19)14-7-8-6-10(21-15-8)11-2-1-5-22-11/h1-6H,7H2,(H,14,17). The van der Waals surface area contributed by atoms with Crippen LogP contribution in [0.1, 0.15) is 16.2 Å². The number of amides is 1. The number of aromatic nitrogens is 1. The minimum atomic E-state index is -0.707. The van der Waals surface area contributed by atoms with E-state index in [1.807, 2.05) is 17.5 Å². The van der Waals surface area contributed by atoms with E-state index in [1.165, 1.54) is 17.4 Å². The van der Waals surface area contributed by atoms with Crippen LogP contribution in [0.4, 0.5) is 5.88 Å². The number of thiophene rings is 1. The third-order valence-corrected chi connectivity index (χ3v) is 3.63. The van der Waals surface area contributed by atoms with Crippen LogP contribution in [0.5, 0.6) is 0 Å². The summed E-state index contributed by atoms with van der Waals surface area (Å²) >= 11 is 1.52. The highest BCUT2D eigenvalue weighted by molar-refractivity contribution is 7.13. The highest BCUT2D eigenvalue weighted by Crippen LogP contribution is 2.25. The van der Waals surface area contributed by atoms with E-state index in [0.717, 1.165) is 10.9 Å². The Morgan fingerprint density at radius 3 is 2.95 bits per heavy atom. The van der Waals surface area contributed by atoms with Crippen molar-refractivity contribution in [3.8, 4) is 10.6 Å². The van der Waals surface area contributed by atoms with Gasteiger partial charge in [0.15, 0.2) is 11.5 Å². The summed E-state index contributed by atoms with van der Waals surface area (Å²) in [5.41, 5.74) is 0.540. The molecular formula is C13H9N3O5S. The van der Waals surface area contributed by atoms with Gasteiger partial charge in [0.25, 0.3) is 5.91 Å². The molecule has 3 aromatic rings. The van der Waals surface area contributed by atoms with Gasteiger partial charge in [0.05, 0.1) is 17.5 Å². The van der Waals surface area contributed by atoms with Crippen LogP contribution in [0.25, 0.3) is 10.6 Å². The van der Waals surface area contributed by atoms with E-state index >= 15 is 0 Å². The Morgan fingerprint density at radius 1 is 1.41 bits per heavy atom. The fourth-order valence-corrected chi connectivity index (χ4v) is 2.41. The first kappa shape index (κ1) is 14.0. The summed E-state index contributed by atoms with van der Waals surface area (Å²) < 4.78 is 9.99. The number of hydrogen-bond acceptors (Lipinski definition) is 7. The second-order valence-electron chi connectivity index (χ2n) is 4.24. The molecule has 3 aromatic heterocycles. The van der Waals surface area contributed by atoms with Gasteiger partial charge in [-0.1, -0.05) is 11.2 Å². The van der Waals surface area contributed by atoms with Crippen LogP contribution in [-0.4, -0.2) is 16.0 Å². The highest BCUT2D eigenvalue weighted by atomic mass is 32.1. The molecule has 0 aromatic carbocycles. The lowest BCUT2D eigenvalue weighted by atomic mass is 10.3. The average molecular weight is 319 g/mol. The Labute approximate surface area is 127 Å². The van der Waals surface area contributed by atoms with Crippen LogP contribution in [0, 0.1) is 10.1 Å². The van der Waals surface area contributed by atoms with Crippen molar-refractivity contribution >= 4 is 23.1 Å². The lowest BCUT2D eigenvalue weighted by Gasteiger charge is -1.98. The molecule has 0 fully saturated rings. The van der Waals surface area contributed by atoms with Crippen LogP contribution < -0.4 is 5.32 Å². The number of nitrogens with zero attached hydrogens (tertiary/aromatic N) is 2. The Hall–Kier alpha value is -2.94. The van der Waals surface area contributed by atoms with Crippen molar-refractivity contribution in [1.29, 1.82) is 0 Å². The zero-order valence-corrected chi connectivity index (χ0v) is 11.8. The molecule has 3 rings (SSSR count). The summed E-state index contributed by atoms with van der Waals surface area (Å²) in [7, 11) is 0. The highest BCUT2D eigenvalue weighted by Gasteiger charge is 2.17. The molecule has 9 heteroatoms. The number of carbonyl (C=O) groups excluding carboxylic acids is 1. The molecule has 0 atom stereocenters. The predicted molar refractivity (Wildman–Crippen MR) is 76.3 cm³/mol. The molecule has 1 amide bonds. The van der Waals surface area contributed by atoms with Gasteiger partial charge in [-0.2, -0.15) is 0 Å². The van der Waals surface area contributed by atoms with Gasteiger partial charge >= 0.3 is 5.88 Å². The van der Waals surface area contributed by atoms with Gasteiger partial charge in [0, 0.05) is 6.07 Å². The van der Waals surface area contributed by atoms with Crippen molar-refractivity contribution in [1.82, 2.24) is 10.5 Å². The number of nitro groups is 1. The fraction of sp³-hybridized carbons (Fsp3) is 0.0769. The largest absolute Gasteiger partial charge is 0.433 e. The van der Waals surface area contributed by atoms with E-state index in [0.29, 0.717) is 11.5 Å². The molecule has 8 nitrogen and oxygen atoms in total. The Kier molecular flexibility index (Phi) is 3.71. The normalized spacial score (nSPS) is 10.5. The molecule has 22 heavy (non-hydrogen) atoms. The van der Waals surface area contributed by atoms with Crippen LogP contribution in [0.3, 0.4) is 0 Å². The van der Waals surface area contributed by atoms with E-state index in [4.69, 9.17) is 8.94 Å². The maximum absolute atomic E-state index is 11.8. The van der Waals surface area contributed by atoms with Gasteiger partial charge < -0.3 is 14.3 Å². The Balaban J connectivity index is 1.62. The van der Waals surface area contributed by atoms with Crippen LogP contribution in [-0.2, 0) is 6.54 Å². The Bertz CT molecular complexity index is 805. The molecule has 0 radical (unpaired) electrons. The first-order chi connectivity index (χ1) is 10.6. The summed E-state index contributed by atoms with van der Waals surface area (Å²) in [4.78, 5) is 22.5. The summed E-state index contributed by atoms with van der Waals surface area (Å²) in [6.07, 6.45) is 0. The van der Waals surface area contributed by atoms with Gasteiger partial charge in [-0.05, 0) is 17.5 Å². The minimum Gasteiger partial charge on any atom is -0.395 e. The smallest absolute Gasteiger partial charge is 0.395 e. The maximum Gasteiger partial charge on any atom is 0.433 e. The zero-order valence-electron chi connectivity index (χ0n) is 11.0. The van der Waals surface area contributed by atoms with Crippen molar-refractivity contribution in [2.75, 3.05) is 0 Å². The lowest BCUT2D eigenvalue weighted by molar-refractivity contribution is -0.402. The second-order valence-corrected chi connectivity index (χ2v) is 5.19. The fourth-order valence-electron chi connectivity index (χ4n) is 1.74. The molecule has 0 saturated carbocycles. The summed E-state index contributed by atoms with van der Waals surface area (Å²) in [6, 6.07) is 7.88. The van der Waals surface area contributed by atoms with Gasteiger partial charge in [-0.15, -0.1) is 11.3 Å². The Morgan fingerprint density at radius 2 is 2.27 bits per heavy atom. The van der Waals surface area contributed by atoms with Crippen molar-refractivity contribution in [2.24, 2.45) is 0 Å². The molecule has 0 saturated heterocycles. The first-order valence-corrected chi connectivity index (χ1v) is 7.03. The van der Waals surface area contributed by atoms with Crippen LogP contribution >= 0.6 is 11.3 Å². The van der Waals surface area contributed by atoms with Crippen molar-refractivity contribution in [3.05, 3.63) is 57.3 Å². The molecule has 1 N–H and O–H groups in total. The van der Waals surface area contributed by atoms with Crippen molar-refractivity contribution in [2.45, 2.75) is 6.54 Å². The summed E-state index contributed by atoms with van der Waals surface area (Å²) in [5.74, 6) is -0.554. The van der Waals surface area contributed by atoms with Gasteiger partial charge in [-0.25, -0.2) is 0 Å². The molecule has 0 aliphatic rings. The molecule has 0 aliphatic carbocycles. The van der Waals surface area contributed by atoms with Gasteiger partial charge in [0.1, 0.15) is 10.6 Å². The summed E-state index contributed by atoms with van der Waals surface area (Å²) in [5, 5.41) is 18.8. The number of furan rings is 1. The van der Waals surface area contributed by atoms with Crippen molar-refractivity contribution < 1.29 is 18.7 Å². The maximum atomic E-state index is 11.8. The van der Waals surface area contributed by atoms with Gasteiger partial charge in [0.2, 0.25) is 0 Å². The van der Waals surface area contributed by atoms with E-state index in [9.17, 15) is 14.9 Å². The molecular weight excluding hydrogens is 310 g/mol. The first-order valence-electron chi connectivity index (χ1n) is 6.15. The number of carbonyl (C=O) groups is 1. The molecule has 112 valence electrons. The van der Waals surface area contributed by atoms with E-state index < -0.39 is 16.7 Å². The average Bonchev–Trinajstić information content (AvgIpc) is 3.23. The minimum absolute atomic E-state index is 0.127. The lowest BCUT2D eigenvalue weighted by Crippen LogP contribution is -2.22. The molecule has 0 unspecified atom stereocenters. The van der Waals surface area contributed by atoms with E-state index in [1.54, 1.807) is 6.07 Å². The third-order valence-electron chi connectivity index (χ3n) is 2.75. The number of rotatable bonds is 5. The van der Waals surface area contributed by atoms with Crippen molar-refractivity contribution in [3.63, 3.8) is 0 Å². The second kappa shape index (κ2) is 5.82. The molecule has 0 aliphatic heterocycles. The monoisotopic (exact) mass is 319 g/mol. The quantitative estimate of drug-likeness (QED) is 0.571. The topological polar surface area (TPSA) is 111 Å². The predicted octanol–water partition coefficient (Wildman–Crippen LogP) is 2.83. The SMILES string of the molecule is O=C(NCc1cc(-c2cccs2)on1)c1ccc([N+](=O)[O-])o1. The number of hydrogen-bond donors (Lipinski definition) is 1. The van der Waals surface area contributed by atoms with E-state index in [2.05, 4.69) is 10.5 Å². The molecule has 0 spiro atoms. The van der Waals surface area contributed by atoms with Crippen LogP contribution in [0.15, 0.2) is 44.7 Å². The van der Waals surface area contributed by atoms with E-state index in [-0.39, 0.29) is 12.3 Å². The zero-order chi connectivity index (χ0) is 15.5. The number of nitrogens with one attached hydrogen (secondary N) is 1.